The first-order valence-corrected chi connectivity index (χ1v) is 11.3. The SMILES string of the molecule is OC[C@H]1OC(c2cc3c(c(Cc4ccc(OCC5CC5)cc4)c2)OCC3)[C@H](O)[C@@H](O)[C@@H]1O. The van der Waals surface area contributed by atoms with Crippen LogP contribution in [0, 0.1) is 5.92 Å². The van der Waals surface area contributed by atoms with Crippen molar-refractivity contribution in [3.63, 3.8) is 0 Å². The molecule has 0 radical (unpaired) electrons. The molecule has 5 rings (SSSR count). The van der Waals surface area contributed by atoms with Gasteiger partial charge >= 0.3 is 0 Å². The number of hydrogen-bond acceptors (Lipinski definition) is 7. The van der Waals surface area contributed by atoms with Gasteiger partial charge in [-0.15, -0.1) is 0 Å². The van der Waals surface area contributed by atoms with Crippen LogP contribution in [0.5, 0.6) is 11.5 Å². The van der Waals surface area contributed by atoms with Crippen molar-refractivity contribution >= 4 is 0 Å². The Hall–Kier alpha value is -2.16. The van der Waals surface area contributed by atoms with Gasteiger partial charge in [0.15, 0.2) is 0 Å². The second-order valence-electron chi connectivity index (χ2n) is 9.09. The molecule has 3 aliphatic rings. The number of ether oxygens (including phenoxy) is 3. The van der Waals surface area contributed by atoms with Gasteiger partial charge in [-0.3, -0.25) is 0 Å². The molecule has 4 N–H and O–H groups in total. The maximum atomic E-state index is 10.6. The van der Waals surface area contributed by atoms with Crippen molar-refractivity contribution in [1.29, 1.82) is 0 Å². The van der Waals surface area contributed by atoms with Gasteiger partial charge in [0.25, 0.3) is 0 Å². The lowest BCUT2D eigenvalue weighted by molar-refractivity contribution is -0.231. The summed E-state index contributed by atoms with van der Waals surface area (Å²) in [4.78, 5) is 0. The van der Waals surface area contributed by atoms with E-state index < -0.39 is 37.1 Å². The van der Waals surface area contributed by atoms with Gasteiger partial charge in [0, 0.05) is 12.8 Å². The van der Waals surface area contributed by atoms with Crippen molar-refractivity contribution in [2.75, 3.05) is 19.8 Å². The molecule has 2 aliphatic heterocycles. The second kappa shape index (κ2) is 9.00. The van der Waals surface area contributed by atoms with Gasteiger partial charge in [0.1, 0.15) is 42.0 Å². The van der Waals surface area contributed by atoms with Crippen molar-refractivity contribution in [3.05, 3.63) is 58.7 Å². The van der Waals surface area contributed by atoms with Gasteiger partial charge in [-0.05, 0) is 65.3 Å². The zero-order chi connectivity index (χ0) is 22.2. The number of benzene rings is 2. The Balaban J connectivity index is 1.38. The zero-order valence-electron chi connectivity index (χ0n) is 17.9. The Bertz CT molecular complexity index is 938. The molecule has 32 heavy (non-hydrogen) atoms. The first-order chi connectivity index (χ1) is 15.5. The maximum Gasteiger partial charge on any atom is 0.126 e. The summed E-state index contributed by atoms with van der Waals surface area (Å²) in [7, 11) is 0. The molecule has 2 fully saturated rings. The lowest BCUT2D eigenvalue weighted by Crippen LogP contribution is -2.55. The third-order valence-electron chi connectivity index (χ3n) is 6.60. The van der Waals surface area contributed by atoms with E-state index in [1.54, 1.807) is 0 Å². The van der Waals surface area contributed by atoms with Crippen LogP contribution in [-0.2, 0) is 17.6 Å². The normalized spacial score (nSPS) is 29.4. The number of hydrogen-bond donors (Lipinski definition) is 4. The Morgan fingerprint density at radius 3 is 2.47 bits per heavy atom. The molecule has 0 aromatic heterocycles. The average Bonchev–Trinajstić information content (AvgIpc) is 3.51. The molecule has 2 aromatic rings. The average molecular weight is 443 g/mol. The van der Waals surface area contributed by atoms with Gasteiger partial charge in [-0.1, -0.05) is 12.1 Å². The highest BCUT2D eigenvalue weighted by Gasteiger charge is 2.44. The van der Waals surface area contributed by atoms with Crippen LogP contribution in [0.25, 0.3) is 0 Å². The molecule has 1 aliphatic carbocycles. The predicted molar refractivity (Wildman–Crippen MR) is 116 cm³/mol. The van der Waals surface area contributed by atoms with Crippen LogP contribution >= 0.6 is 0 Å². The molecular weight excluding hydrogens is 412 g/mol. The van der Waals surface area contributed by atoms with Crippen LogP contribution < -0.4 is 9.47 Å². The largest absolute Gasteiger partial charge is 0.493 e. The van der Waals surface area contributed by atoms with E-state index in [0.29, 0.717) is 24.5 Å². The number of fused-ring (bicyclic) bond motifs is 1. The predicted octanol–water partition coefficient (Wildman–Crippen LogP) is 1.52. The lowest BCUT2D eigenvalue weighted by Gasteiger charge is -2.40. The summed E-state index contributed by atoms with van der Waals surface area (Å²) in [6.45, 7) is 0.924. The van der Waals surface area contributed by atoms with Crippen molar-refractivity contribution in [3.8, 4) is 11.5 Å². The fourth-order valence-corrected chi connectivity index (χ4v) is 4.51. The minimum absolute atomic E-state index is 0.447. The van der Waals surface area contributed by atoms with Crippen LogP contribution in [0.4, 0.5) is 0 Å². The van der Waals surface area contributed by atoms with Crippen molar-refractivity contribution < 1.29 is 34.6 Å². The Morgan fingerprint density at radius 1 is 0.969 bits per heavy atom. The highest BCUT2D eigenvalue weighted by molar-refractivity contribution is 5.50. The topological polar surface area (TPSA) is 109 Å². The Kier molecular flexibility index (Phi) is 6.09. The number of rotatable bonds is 7. The van der Waals surface area contributed by atoms with Crippen LogP contribution in [0.1, 0.15) is 41.2 Å². The zero-order valence-corrected chi connectivity index (χ0v) is 17.9. The first-order valence-electron chi connectivity index (χ1n) is 11.3. The molecule has 7 nitrogen and oxygen atoms in total. The summed E-state index contributed by atoms with van der Waals surface area (Å²) < 4.78 is 17.5. The standard InChI is InChI=1S/C25H30O7/c26-12-20-21(27)22(28)23(29)25(32-20)18-10-16-7-8-30-24(16)17(11-18)9-14-3-5-19(6-4-14)31-13-15-1-2-15/h3-6,10-11,15,20-23,25-29H,1-2,7-9,12-13H2/t20-,21-,22+,23-,25?/m1/s1. The lowest BCUT2D eigenvalue weighted by atomic mass is 9.88. The quantitative estimate of drug-likeness (QED) is 0.515. The number of aliphatic hydroxyl groups excluding tert-OH is 4. The summed E-state index contributed by atoms with van der Waals surface area (Å²) in [5, 5.41) is 40.4. The molecule has 1 saturated heterocycles. The van der Waals surface area contributed by atoms with E-state index in [0.717, 1.165) is 41.2 Å². The van der Waals surface area contributed by atoms with E-state index in [1.165, 1.54) is 12.8 Å². The molecule has 172 valence electrons. The monoisotopic (exact) mass is 442 g/mol. The van der Waals surface area contributed by atoms with E-state index in [4.69, 9.17) is 14.2 Å². The molecule has 7 heteroatoms. The molecule has 2 aromatic carbocycles. The molecule has 5 atom stereocenters. The van der Waals surface area contributed by atoms with E-state index in [1.807, 2.05) is 36.4 Å². The molecule has 1 saturated carbocycles. The van der Waals surface area contributed by atoms with Crippen LogP contribution in [0.3, 0.4) is 0 Å². The van der Waals surface area contributed by atoms with Gasteiger partial charge in [-0.25, -0.2) is 0 Å². The molecule has 0 bridgehead atoms. The summed E-state index contributed by atoms with van der Waals surface area (Å²) >= 11 is 0. The number of aliphatic hydroxyl groups is 4. The molecule has 0 spiro atoms. The van der Waals surface area contributed by atoms with Crippen molar-refractivity contribution in [1.82, 2.24) is 0 Å². The smallest absolute Gasteiger partial charge is 0.126 e. The fourth-order valence-electron chi connectivity index (χ4n) is 4.51. The maximum absolute atomic E-state index is 10.6. The Labute approximate surface area is 187 Å². The molecule has 1 unspecified atom stereocenters. The summed E-state index contributed by atoms with van der Waals surface area (Å²) in [5.41, 5.74) is 3.80. The van der Waals surface area contributed by atoms with Crippen molar-refractivity contribution in [2.24, 2.45) is 5.92 Å². The third-order valence-corrected chi connectivity index (χ3v) is 6.60. The van der Waals surface area contributed by atoms with Gasteiger partial charge in [-0.2, -0.15) is 0 Å². The molecule has 2 heterocycles. The van der Waals surface area contributed by atoms with E-state index in [2.05, 4.69) is 0 Å². The van der Waals surface area contributed by atoms with Gasteiger partial charge < -0.3 is 34.6 Å². The van der Waals surface area contributed by atoms with Gasteiger partial charge in [0.2, 0.25) is 0 Å². The van der Waals surface area contributed by atoms with E-state index in [-0.39, 0.29) is 0 Å². The summed E-state index contributed by atoms with van der Waals surface area (Å²) in [6.07, 6.45) is -1.96. The van der Waals surface area contributed by atoms with Gasteiger partial charge in [0.05, 0.1) is 19.8 Å². The summed E-state index contributed by atoms with van der Waals surface area (Å²) in [5.74, 6) is 2.43. The fraction of sp³-hybridized carbons (Fsp3) is 0.520. The Morgan fingerprint density at radius 2 is 1.75 bits per heavy atom. The third kappa shape index (κ3) is 4.36. The first kappa shape index (κ1) is 21.7. The molecule has 0 amide bonds. The highest BCUT2D eigenvalue weighted by Crippen LogP contribution is 2.39. The van der Waals surface area contributed by atoms with Crippen molar-refractivity contribution in [2.45, 2.75) is 56.2 Å². The highest BCUT2D eigenvalue weighted by atomic mass is 16.5. The van der Waals surface area contributed by atoms with Crippen LogP contribution in [0.2, 0.25) is 0 Å². The molecular formula is C25H30O7. The summed E-state index contributed by atoms with van der Waals surface area (Å²) in [6, 6.07) is 11.9. The minimum atomic E-state index is -1.40. The van der Waals surface area contributed by atoms with Crippen LogP contribution in [0.15, 0.2) is 36.4 Å². The van der Waals surface area contributed by atoms with Crippen LogP contribution in [-0.4, -0.2) is 64.7 Å². The van der Waals surface area contributed by atoms with E-state index >= 15 is 0 Å². The second-order valence-corrected chi connectivity index (χ2v) is 9.09. The minimum Gasteiger partial charge on any atom is -0.493 e. The van der Waals surface area contributed by atoms with E-state index in [9.17, 15) is 20.4 Å².